The van der Waals surface area contributed by atoms with Gasteiger partial charge >= 0.3 is 0 Å². The van der Waals surface area contributed by atoms with Crippen molar-refractivity contribution in [1.29, 1.82) is 0 Å². The highest BCUT2D eigenvalue weighted by molar-refractivity contribution is 7.89. The molecule has 0 bridgehead atoms. The Morgan fingerprint density at radius 1 is 1.35 bits per heavy atom. The van der Waals surface area contributed by atoms with E-state index in [1.165, 1.54) is 31.2 Å². The molecule has 1 aromatic rings. The van der Waals surface area contributed by atoms with Crippen LogP contribution in [0, 0.1) is 0 Å². The third-order valence-electron chi connectivity index (χ3n) is 2.21. The Balaban J connectivity index is 2.85. The predicted molar refractivity (Wildman–Crippen MR) is 66.4 cm³/mol. The van der Waals surface area contributed by atoms with Gasteiger partial charge in [0.25, 0.3) is 0 Å². The summed E-state index contributed by atoms with van der Waals surface area (Å²) in [5.74, 6) is -0.0893. The molecule has 0 radical (unpaired) electrons. The molecule has 0 spiro atoms. The molecule has 0 heterocycles. The van der Waals surface area contributed by atoms with Crippen molar-refractivity contribution in [1.82, 2.24) is 4.72 Å². The highest BCUT2D eigenvalue weighted by Crippen LogP contribution is 2.10. The molecular weight excluding hydrogens is 238 g/mol. The van der Waals surface area contributed by atoms with Crippen molar-refractivity contribution >= 4 is 15.8 Å². The Morgan fingerprint density at radius 2 is 1.94 bits per heavy atom. The fourth-order valence-electron chi connectivity index (χ4n) is 1.25. The van der Waals surface area contributed by atoms with E-state index in [0.29, 0.717) is 18.5 Å². The fraction of sp³-hybridized carbons (Fsp3) is 0.250. The van der Waals surface area contributed by atoms with Gasteiger partial charge < -0.3 is 0 Å². The van der Waals surface area contributed by atoms with E-state index >= 15 is 0 Å². The number of hydrogen-bond donors (Lipinski definition) is 1. The lowest BCUT2D eigenvalue weighted by molar-refractivity contribution is 0.101. The lowest BCUT2D eigenvalue weighted by atomic mass is 10.2. The van der Waals surface area contributed by atoms with Gasteiger partial charge in [0, 0.05) is 12.1 Å². The smallest absolute Gasteiger partial charge is 0.240 e. The number of nitrogens with one attached hydrogen (secondary N) is 1. The molecule has 1 N–H and O–H groups in total. The summed E-state index contributed by atoms with van der Waals surface area (Å²) in [6.07, 6.45) is 2.21. The Morgan fingerprint density at radius 3 is 2.41 bits per heavy atom. The molecule has 0 saturated carbocycles. The summed E-state index contributed by atoms with van der Waals surface area (Å²) in [6, 6.07) is 5.86. The summed E-state index contributed by atoms with van der Waals surface area (Å²) in [5, 5.41) is 0. The van der Waals surface area contributed by atoms with Crippen LogP contribution in [0.1, 0.15) is 23.7 Å². The van der Waals surface area contributed by atoms with Crippen LogP contribution in [0.25, 0.3) is 0 Å². The van der Waals surface area contributed by atoms with E-state index in [4.69, 9.17) is 0 Å². The Labute approximate surface area is 101 Å². The van der Waals surface area contributed by atoms with E-state index in [1.54, 1.807) is 6.08 Å². The van der Waals surface area contributed by atoms with Gasteiger partial charge in [-0.2, -0.15) is 0 Å². The van der Waals surface area contributed by atoms with Crippen LogP contribution >= 0.6 is 0 Å². The van der Waals surface area contributed by atoms with E-state index in [9.17, 15) is 13.2 Å². The summed E-state index contributed by atoms with van der Waals surface area (Å²) in [7, 11) is -3.48. The van der Waals surface area contributed by atoms with Crippen molar-refractivity contribution in [3.63, 3.8) is 0 Å². The van der Waals surface area contributed by atoms with Gasteiger partial charge in [-0.05, 0) is 25.5 Å². The fourth-order valence-corrected chi connectivity index (χ4v) is 2.30. The SMILES string of the molecule is C=CCCNS(=O)(=O)c1ccc(C(C)=O)cc1. The van der Waals surface area contributed by atoms with Crippen molar-refractivity contribution in [2.75, 3.05) is 6.54 Å². The Bertz CT molecular complexity index is 503. The first-order chi connectivity index (χ1) is 7.97. The highest BCUT2D eigenvalue weighted by Gasteiger charge is 2.12. The molecule has 0 atom stereocenters. The molecule has 4 nitrogen and oxygen atoms in total. The molecule has 0 saturated heterocycles. The molecule has 0 fully saturated rings. The van der Waals surface area contributed by atoms with Gasteiger partial charge in [0.2, 0.25) is 10.0 Å². The number of Topliss-reactive ketones (excluding diaryl/α,β-unsaturated/α-hetero) is 1. The molecule has 0 aliphatic heterocycles. The Kier molecular flexibility index (Phi) is 4.60. The first-order valence-electron chi connectivity index (χ1n) is 5.19. The minimum Gasteiger partial charge on any atom is -0.295 e. The van der Waals surface area contributed by atoms with Crippen LogP contribution in [-0.4, -0.2) is 20.7 Å². The maximum absolute atomic E-state index is 11.8. The van der Waals surface area contributed by atoms with Crippen molar-refractivity contribution in [2.45, 2.75) is 18.2 Å². The molecule has 1 rings (SSSR count). The summed E-state index contributed by atoms with van der Waals surface area (Å²) in [6.45, 7) is 5.27. The summed E-state index contributed by atoms with van der Waals surface area (Å²) in [5.41, 5.74) is 0.495. The van der Waals surface area contributed by atoms with Crippen LogP contribution in [0.4, 0.5) is 0 Å². The average molecular weight is 253 g/mol. The second-order valence-corrected chi connectivity index (χ2v) is 5.32. The second-order valence-electron chi connectivity index (χ2n) is 3.56. The van der Waals surface area contributed by atoms with Crippen LogP contribution < -0.4 is 4.72 Å². The molecule has 1 aromatic carbocycles. The van der Waals surface area contributed by atoms with Crippen molar-refractivity contribution < 1.29 is 13.2 Å². The van der Waals surface area contributed by atoms with E-state index < -0.39 is 10.0 Å². The van der Waals surface area contributed by atoms with E-state index in [2.05, 4.69) is 11.3 Å². The van der Waals surface area contributed by atoms with Crippen LogP contribution in [-0.2, 0) is 10.0 Å². The van der Waals surface area contributed by atoms with Gasteiger partial charge in [-0.15, -0.1) is 6.58 Å². The summed E-state index contributed by atoms with van der Waals surface area (Å²) < 4.78 is 26.0. The molecule has 0 aliphatic carbocycles. The molecular formula is C12H15NO3S. The first-order valence-corrected chi connectivity index (χ1v) is 6.67. The number of rotatable bonds is 6. The molecule has 0 aliphatic rings. The number of carbonyl (C=O) groups is 1. The quantitative estimate of drug-likeness (QED) is 0.477. The van der Waals surface area contributed by atoms with Crippen molar-refractivity contribution in [3.8, 4) is 0 Å². The van der Waals surface area contributed by atoms with Crippen LogP contribution in [0.2, 0.25) is 0 Å². The van der Waals surface area contributed by atoms with E-state index in [1.807, 2.05) is 0 Å². The van der Waals surface area contributed by atoms with Crippen LogP contribution in [0.5, 0.6) is 0 Å². The molecule has 17 heavy (non-hydrogen) atoms. The number of carbonyl (C=O) groups excluding carboxylic acids is 1. The van der Waals surface area contributed by atoms with E-state index in [0.717, 1.165) is 0 Å². The van der Waals surface area contributed by atoms with Gasteiger partial charge in [0.1, 0.15) is 0 Å². The number of hydrogen-bond acceptors (Lipinski definition) is 3. The number of ketones is 1. The number of benzene rings is 1. The minimum atomic E-state index is -3.48. The molecule has 92 valence electrons. The lowest BCUT2D eigenvalue weighted by Gasteiger charge is -2.05. The van der Waals surface area contributed by atoms with Crippen LogP contribution in [0.15, 0.2) is 41.8 Å². The maximum atomic E-state index is 11.8. The van der Waals surface area contributed by atoms with E-state index in [-0.39, 0.29) is 10.7 Å². The van der Waals surface area contributed by atoms with Crippen molar-refractivity contribution in [2.24, 2.45) is 0 Å². The van der Waals surface area contributed by atoms with Gasteiger partial charge in [0.05, 0.1) is 4.90 Å². The van der Waals surface area contributed by atoms with Gasteiger partial charge in [-0.3, -0.25) is 4.79 Å². The lowest BCUT2D eigenvalue weighted by Crippen LogP contribution is -2.24. The summed E-state index contributed by atoms with van der Waals surface area (Å²) >= 11 is 0. The van der Waals surface area contributed by atoms with Crippen LogP contribution in [0.3, 0.4) is 0 Å². The zero-order valence-electron chi connectivity index (χ0n) is 9.64. The maximum Gasteiger partial charge on any atom is 0.240 e. The minimum absolute atomic E-state index is 0.0893. The van der Waals surface area contributed by atoms with Gasteiger partial charge in [-0.25, -0.2) is 13.1 Å². The average Bonchev–Trinajstić information content (AvgIpc) is 2.29. The highest BCUT2D eigenvalue weighted by atomic mass is 32.2. The normalized spacial score (nSPS) is 11.1. The van der Waals surface area contributed by atoms with Gasteiger partial charge in [-0.1, -0.05) is 18.2 Å². The second kappa shape index (κ2) is 5.75. The summed E-state index contributed by atoms with van der Waals surface area (Å²) in [4.78, 5) is 11.2. The van der Waals surface area contributed by atoms with Gasteiger partial charge in [0.15, 0.2) is 5.78 Å². The molecule has 0 unspecified atom stereocenters. The zero-order valence-corrected chi connectivity index (χ0v) is 10.5. The zero-order chi connectivity index (χ0) is 12.9. The molecule has 0 aromatic heterocycles. The predicted octanol–water partition coefficient (Wildman–Crippen LogP) is 1.74. The standard InChI is InChI=1S/C12H15NO3S/c1-3-4-9-13-17(15,16)12-7-5-11(6-8-12)10(2)14/h3,5-8,13H,1,4,9H2,2H3. The topological polar surface area (TPSA) is 63.2 Å². The monoisotopic (exact) mass is 253 g/mol. The third kappa shape index (κ3) is 3.80. The third-order valence-corrected chi connectivity index (χ3v) is 3.69. The Hall–Kier alpha value is -1.46. The molecule has 0 amide bonds. The first kappa shape index (κ1) is 13.6. The largest absolute Gasteiger partial charge is 0.295 e. The van der Waals surface area contributed by atoms with Crippen molar-refractivity contribution in [3.05, 3.63) is 42.5 Å². The number of sulfonamides is 1. The molecule has 5 heteroatoms.